The van der Waals surface area contributed by atoms with Crippen molar-refractivity contribution in [2.45, 2.75) is 18.4 Å². The maximum Gasteiger partial charge on any atom is 0.338 e. The lowest BCUT2D eigenvalue weighted by molar-refractivity contribution is 0.0598. The third kappa shape index (κ3) is 2.31. The van der Waals surface area contributed by atoms with Gasteiger partial charge in [-0.3, -0.25) is 0 Å². The predicted octanol–water partition coefficient (Wildman–Crippen LogP) is 4.95. The van der Waals surface area contributed by atoms with Gasteiger partial charge in [0.1, 0.15) is 0 Å². The highest BCUT2D eigenvalue weighted by molar-refractivity contribution is 6.33. The van der Waals surface area contributed by atoms with E-state index in [-0.39, 0.29) is 17.9 Å². The van der Waals surface area contributed by atoms with Gasteiger partial charge in [0.15, 0.2) is 0 Å². The lowest BCUT2D eigenvalue weighted by Crippen LogP contribution is -2.30. The number of hydrogen-bond donors (Lipinski definition) is 1. The first-order chi connectivity index (χ1) is 11.7. The summed E-state index contributed by atoms with van der Waals surface area (Å²) in [4.78, 5) is 12.2. The van der Waals surface area contributed by atoms with Crippen molar-refractivity contribution in [3.8, 4) is 0 Å². The number of ether oxygens (including phenoxy) is 1. The summed E-state index contributed by atoms with van der Waals surface area (Å²) in [6.45, 7) is 0. The molecule has 0 radical (unpaired) electrons. The lowest BCUT2D eigenvalue weighted by atomic mass is 9.75. The largest absolute Gasteiger partial charge is 0.465 e. The standard InChI is InChI=1S/C20H18ClNO2/c1-24-20(23)15-10-11-16(21)19-17(15)13-8-5-9-14(13)18(22-19)12-6-3-2-4-7-12/h2-8,10-11,13-14,18,22H,9H2,1H3/t13-,14-,18+/m1/s1. The quantitative estimate of drug-likeness (QED) is 0.621. The van der Waals surface area contributed by atoms with Crippen LogP contribution in [-0.4, -0.2) is 13.1 Å². The van der Waals surface area contributed by atoms with E-state index in [0.29, 0.717) is 16.5 Å². The van der Waals surface area contributed by atoms with Crippen LogP contribution in [0.3, 0.4) is 0 Å². The molecule has 4 rings (SSSR count). The Kier molecular flexibility index (Phi) is 3.81. The van der Waals surface area contributed by atoms with E-state index in [2.05, 4.69) is 41.7 Å². The van der Waals surface area contributed by atoms with Gasteiger partial charge < -0.3 is 10.1 Å². The first-order valence-electron chi connectivity index (χ1n) is 8.09. The molecule has 24 heavy (non-hydrogen) atoms. The molecule has 0 aromatic heterocycles. The summed E-state index contributed by atoms with van der Waals surface area (Å²) in [5.74, 6) is 0.211. The molecule has 0 fully saturated rings. The smallest absolute Gasteiger partial charge is 0.338 e. The Balaban J connectivity index is 1.87. The molecule has 3 nitrogen and oxygen atoms in total. The van der Waals surface area contributed by atoms with Gasteiger partial charge in [-0.2, -0.15) is 0 Å². The van der Waals surface area contributed by atoms with Crippen LogP contribution in [0.2, 0.25) is 5.02 Å². The maximum atomic E-state index is 12.2. The molecule has 0 saturated carbocycles. The van der Waals surface area contributed by atoms with Crippen LogP contribution in [0.1, 0.15) is 39.9 Å². The lowest BCUT2D eigenvalue weighted by Gasteiger charge is -2.38. The van der Waals surface area contributed by atoms with E-state index in [1.54, 1.807) is 12.1 Å². The number of anilines is 1. The highest BCUT2D eigenvalue weighted by atomic mass is 35.5. The Bertz CT molecular complexity index is 816. The number of rotatable bonds is 2. The van der Waals surface area contributed by atoms with Crippen molar-refractivity contribution in [2.75, 3.05) is 12.4 Å². The van der Waals surface area contributed by atoms with Crippen molar-refractivity contribution in [3.63, 3.8) is 0 Å². The van der Waals surface area contributed by atoms with E-state index >= 15 is 0 Å². The summed E-state index contributed by atoms with van der Waals surface area (Å²) in [5.41, 5.74) is 3.64. The van der Waals surface area contributed by atoms with Gasteiger partial charge in [0.05, 0.1) is 29.4 Å². The molecular formula is C20H18ClNO2. The number of carbonyl (C=O) groups is 1. The van der Waals surface area contributed by atoms with Crippen molar-refractivity contribution < 1.29 is 9.53 Å². The van der Waals surface area contributed by atoms with E-state index in [1.165, 1.54) is 12.7 Å². The van der Waals surface area contributed by atoms with Gasteiger partial charge in [-0.1, -0.05) is 54.1 Å². The third-order valence-corrected chi connectivity index (χ3v) is 5.35. The number of esters is 1. The second kappa shape index (κ2) is 5.99. The Hall–Kier alpha value is -2.26. The van der Waals surface area contributed by atoms with Gasteiger partial charge in [0, 0.05) is 5.92 Å². The number of fused-ring (bicyclic) bond motifs is 3. The van der Waals surface area contributed by atoms with Gasteiger partial charge in [-0.25, -0.2) is 4.79 Å². The van der Waals surface area contributed by atoms with Gasteiger partial charge >= 0.3 is 5.97 Å². The van der Waals surface area contributed by atoms with Crippen molar-refractivity contribution in [2.24, 2.45) is 5.92 Å². The molecule has 2 aromatic rings. The van der Waals surface area contributed by atoms with Crippen molar-refractivity contribution in [1.82, 2.24) is 0 Å². The van der Waals surface area contributed by atoms with Crippen molar-refractivity contribution in [3.05, 3.63) is 76.3 Å². The SMILES string of the molecule is COC(=O)c1ccc(Cl)c2c1[C@@H]1C=CC[C@H]1[C@H](c1ccccc1)N2. The molecule has 0 spiro atoms. The number of allylic oxidation sites excluding steroid dienone is 2. The zero-order valence-corrected chi connectivity index (χ0v) is 14.1. The predicted molar refractivity (Wildman–Crippen MR) is 95.6 cm³/mol. The summed E-state index contributed by atoms with van der Waals surface area (Å²) < 4.78 is 4.97. The Morgan fingerprint density at radius 3 is 2.75 bits per heavy atom. The molecule has 2 aromatic carbocycles. The minimum Gasteiger partial charge on any atom is -0.465 e. The van der Waals surface area contributed by atoms with Crippen LogP contribution in [-0.2, 0) is 4.74 Å². The minimum absolute atomic E-state index is 0.166. The minimum atomic E-state index is -0.318. The molecule has 0 unspecified atom stereocenters. The molecule has 0 amide bonds. The Morgan fingerprint density at radius 1 is 1.21 bits per heavy atom. The van der Waals surface area contributed by atoms with Gasteiger partial charge in [0.2, 0.25) is 0 Å². The highest BCUT2D eigenvalue weighted by Crippen LogP contribution is 2.52. The van der Waals surface area contributed by atoms with Crippen LogP contribution in [0.5, 0.6) is 0 Å². The maximum absolute atomic E-state index is 12.2. The molecule has 0 saturated heterocycles. The monoisotopic (exact) mass is 339 g/mol. The summed E-state index contributed by atoms with van der Waals surface area (Å²) in [7, 11) is 1.41. The number of hydrogen-bond acceptors (Lipinski definition) is 3. The molecule has 2 aliphatic rings. The normalized spacial score (nSPS) is 24.0. The summed E-state index contributed by atoms with van der Waals surface area (Å²) in [6.07, 6.45) is 5.37. The molecule has 1 N–H and O–H groups in total. The van der Waals surface area contributed by atoms with E-state index in [9.17, 15) is 4.79 Å². The van der Waals surface area contributed by atoms with Gasteiger partial charge in [0.25, 0.3) is 0 Å². The number of carbonyl (C=O) groups excluding carboxylic acids is 1. The van der Waals surface area contributed by atoms with Crippen LogP contribution in [0.4, 0.5) is 5.69 Å². The molecule has 3 atom stereocenters. The van der Waals surface area contributed by atoms with E-state index in [0.717, 1.165) is 17.7 Å². The number of halogens is 1. The molecule has 1 aliphatic carbocycles. The third-order valence-electron chi connectivity index (χ3n) is 5.03. The average Bonchev–Trinajstić information content (AvgIpc) is 3.11. The molecule has 0 bridgehead atoms. The van der Waals surface area contributed by atoms with Crippen LogP contribution in [0.25, 0.3) is 0 Å². The second-order valence-corrected chi connectivity index (χ2v) is 6.67. The van der Waals surface area contributed by atoms with Gasteiger partial charge in [-0.15, -0.1) is 0 Å². The zero-order chi connectivity index (χ0) is 16.7. The number of methoxy groups -OCH3 is 1. The Labute approximate surface area is 146 Å². The van der Waals surface area contributed by atoms with Crippen LogP contribution < -0.4 is 5.32 Å². The number of nitrogens with one attached hydrogen (secondary N) is 1. The van der Waals surface area contributed by atoms with Crippen LogP contribution >= 0.6 is 11.6 Å². The van der Waals surface area contributed by atoms with E-state index in [4.69, 9.17) is 16.3 Å². The van der Waals surface area contributed by atoms with Crippen LogP contribution in [0, 0.1) is 5.92 Å². The average molecular weight is 340 g/mol. The molecule has 122 valence electrons. The number of benzene rings is 2. The van der Waals surface area contributed by atoms with Crippen molar-refractivity contribution in [1.29, 1.82) is 0 Å². The van der Waals surface area contributed by atoms with Gasteiger partial charge in [-0.05, 0) is 35.6 Å². The second-order valence-electron chi connectivity index (χ2n) is 6.26. The molecule has 1 aliphatic heterocycles. The topological polar surface area (TPSA) is 38.3 Å². The Morgan fingerprint density at radius 2 is 2.00 bits per heavy atom. The molecule has 1 heterocycles. The zero-order valence-electron chi connectivity index (χ0n) is 13.3. The fourth-order valence-electron chi connectivity index (χ4n) is 3.95. The van der Waals surface area contributed by atoms with E-state index < -0.39 is 0 Å². The first kappa shape index (κ1) is 15.3. The fourth-order valence-corrected chi connectivity index (χ4v) is 4.17. The highest BCUT2D eigenvalue weighted by Gasteiger charge is 2.40. The summed E-state index contributed by atoms with van der Waals surface area (Å²) >= 11 is 6.47. The summed E-state index contributed by atoms with van der Waals surface area (Å²) in [6, 6.07) is 14.1. The van der Waals surface area contributed by atoms with Crippen molar-refractivity contribution >= 4 is 23.3 Å². The van der Waals surface area contributed by atoms with E-state index in [1.807, 2.05) is 6.07 Å². The molecule has 4 heteroatoms. The fraction of sp³-hybridized carbons (Fsp3) is 0.250. The first-order valence-corrected chi connectivity index (χ1v) is 8.47. The molecular weight excluding hydrogens is 322 g/mol. The summed E-state index contributed by atoms with van der Waals surface area (Å²) in [5, 5.41) is 4.23. The van der Waals surface area contributed by atoms with Crippen LogP contribution in [0.15, 0.2) is 54.6 Å².